The normalized spacial score (nSPS) is 19.0. The number of carboxylic acids is 1. The number of alkyl carbamates (subject to hydrolysis) is 1. The van der Waals surface area contributed by atoms with Crippen LogP contribution in [0.25, 0.3) is 0 Å². The van der Waals surface area contributed by atoms with Crippen molar-refractivity contribution in [3.05, 3.63) is 35.9 Å². The monoisotopic (exact) mass is 1090 g/mol. The maximum Gasteiger partial charge on any atom is 0.408 e. The number of carbonyl (C=O) groups excluding carboxylic acids is 7. The highest BCUT2D eigenvalue weighted by Crippen LogP contribution is 2.30. The molecule has 2 heterocycles. The standard InChI is InChI=1S/C56H93N7O14/c1-16-36(6)48(61(13)53(69)45(34(2)3)58-51(67)47(35(4)5)60(12)28-23-27-44(65)76-38(8)46(54(70)71)59-55(72)77-56(9,10)11)42(73-14)33-43(64)62-29-22-26-41(62)49(74-15)37(7)50(66)57-40(32-39-24-18-17-19-25-39)52(68)63-30-20-21-31-75-63/h17-19,24-25,34-38,40-42,45-49H,16,20-23,26-33H2,1-15H3,(H,57,66)(H,58,67)(H,59,72)(H,70,71)/t36-,37+,38+,40-,41-,42+,45-,46-,47-,48-,49+/m0/s1. The Kier molecular flexibility index (Phi) is 26.8. The number of likely N-dealkylation sites (tertiary alicyclic amines) is 1. The van der Waals surface area contributed by atoms with E-state index in [4.69, 9.17) is 23.8 Å². The van der Waals surface area contributed by atoms with Crippen molar-refractivity contribution in [3.63, 3.8) is 0 Å². The zero-order valence-corrected chi connectivity index (χ0v) is 48.6. The number of hydroxylamine groups is 2. The molecule has 3 rings (SSSR count). The highest BCUT2D eigenvalue weighted by atomic mass is 16.7. The lowest BCUT2D eigenvalue weighted by Gasteiger charge is -2.41. The maximum absolute atomic E-state index is 14.7. The third kappa shape index (κ3) is 19.8. The topological polar surface area (TPSA) is 252 Å². The Labute approximate surface area is 457 Å². The van der Waals surface area contributed by atoms with Gasteiger partial charge in [-0.2, -0.15) is 0 Å². The molecule has 1 aromatic rings. The molecule has 21 heteroatoms. The lowest BCUT2D eigenvalue weighted by atomic mass is 9.89. The number of rotatable bonds is 29. The van der Waals surface area contributed by atoms with E-state index in [1.54, 1.807) is 56.5 Å². The number of hydrogen-bond acceptors (Lipinski definition) is 14. The lowest BCUT2D eigenvalue weighted by Crippen LogP contribution is -2.60. The quantitative estimate of drug-likeness (QED) is 0.0773. The molecule has 1 aromatic carbocycles. The molecule has 21 nitrogen and oxygen atoms in total. The van der Waals surface area contributed by atoms with Gasteiger partial charge in [-0.05, 0) is 96.7 Å². The number of aliphatic carboxylic acids is 1. The molecule has 77 heavy (non-hydrogen) atoms. The summed E-state index contributed by atoms with van der Waals surface area (Å²) in [5.74, 6) is -5.23. The van der Waals surface area contributed by atoms with Crippen LogP contribution in [0.4, 0.5) is 4.79 Å². The summed E-state index contributed by atoms with van der Waals surface area (Å²) < 4.78 is 22.7. The fraction of sp³-hybridized carbons (Fsp3) is 0.750. The van der Waals surface area contributed by atoms with Crippen molar-refractivity contribution in [1.82, 2.24) is 35.7 Å². The number of methoxy groups -OCH3 is 2. The maximum atomic E-state index is 14.7. The van der Waals surface area contributed by atoms with E-state index in [1.807, 2.05) is 71.9 Å². The van der Waals surface area contributed by atoms with Crippen LogP contribution >= 0.6 is 0 Å². The molecule has 11 atom stereocenters. The highest BCUT2D eigenvalue weighted by Gasteiger charge is 2.44. The summed E-state index contributed by atoms with van der Waals surface area (Å²) in [6.07, 6.45) is 0.248. The Bertz CT molecular complexity index is 2080. The van der Waals surface area contributed by atoms with Gasteiger partial charge in [-0.1, -0.05) is 85.2 Å². The van der Waals surface area contributed by atoms with Crippen molar-refractivity contribution in [2.75, 3.05) is 54.6 Å². The summed E-state index contributed by atoms with van der Waals surface area (Å²) in [4.78, 5) is 119. The van der Waals surface area contributed by atoms with E-state index >= 15 is 0 Å². The number of benzene rings is 1. The number of nitrogens with zero attached hydrogens (tertiary/aromatic N) is 4. The van der Waals surface area contributed by atoms with Gasteiger partial charge < -0.3 is 49.8 Å². The number of amides is 6. The number of esters is 1. The molecule has 0 radical (unpaired) electrons. The molecule has 2 fully saturated rings. The predicted octanol–water partition coefficient (Wildman–Crippen LogP) is 4.98. The highest BCUT2D eigenvalue weighted by molar-refractivity contribution is 5.91. The van der Waals surface area contributed by atoms with E-state index in [2.05, 4.69) is 16.0 Å². The van der Waals surface area contributed by atoms with Crippen LogP contribution in [0, 0.1) is 23.7 Å². The second kappa shape index (κ2) is 31.3. The van der Waals surface area contributed by atoms with Crippen LogP contribution < -0.4 is 16.0 Å². The molecule has 0 unspecified atom stereocenters. The second-order valence-electron chi connectivity index (χ2n) is 22.5. The summed E-state index contributed by atoms with van der Waals surface area (Å²) in [6, 6.07) is 4.31. The number of ether oxygens (including phenoxy) is 4. The third-order valence-electron chi connectivity index (χ3n) is 14.6. The van der Waals surface area contributed by atoms with Crippen molar-refractivity contribution in [3.8, 4) is 0 Å². The Morgan fingerprint density at radius 3 is 2.04 bits per heavy atom. The molecule has 0 saturated carbocycles. The van der Waals surface area contributed by atoms with Crippen LogP contribution in [0.2, 0.25) is 0 Å². The van der Waals surface area contributed by atoms with E-state index in [-0.39, 0.29) is 79.5 Å². The first-order valence-corrected chi connectivity index (χ1v) is 27.5. The van der Waals surface area contributed by atoms with Gasteiger partial charge in [-0.25, -0.2) is 14.7 Å². The molecule has 0 bridgehead atoms. The lowest BCUT2D eigenvalue weighted by molar-refractivity contribution is -0.199. The molecule has 2 aliphatic heterocycles. The first-order chi connectivity index (χ1) is 36.2. The second-order valence-corrected chi connectivity index (χ2v) is 22.5. The van der Waals surface area contributed by atoms with E-state index in [1.165, 1.54) is 26.2 Å². The van der Waals surface area contributed by atoms with Crippen LogP contribution in [0.3, 0.4) is 0 Å². The molecular weight excluding hydrogens is 995 g/mol. The minimum atomic E-state index is -1.55. The molecule has 2 saturated heterocycles. The summed E-state index contributed by atoms with van der Waals surface area (Å²) in [6.45, 7) is 21.0. The average molecular weight is 1090 g/mol. The molecule has 0 spiro atoms. The molecule has 6 amide bonds. The van der Waals surface area contributed by atoms with Gasteiger partial charge in [0.15, 0.2) is 6.04 Å². The summed E-state index contributed by atoms with van der Waals surface area (Å²) in [5.41, 5.74) is 0.00610. The van der Waals surface area contributed by atoms with Gasteiger partial charge in [0, 0.05) is 47.2 Å². The molecule has 0 aromatic heterocycles. The van der Waals surface area contributed by atoms with Gasteiger partial charge in [-0.15, -0.1) is 0 Å². The van der Waals surface area contributed by atoms with Crippen molar-refractivity contribution < 1.29 is 67.2 Å². The summed E-state index contributed by atoms with van der Waals surface area (Å²) in [7, 11) is 6.45. The summed E-state index contributed by atoms with van der Waals surface area (Å²) >= 11 is 0. The first-order valence-electron chi connectivity index (χ1n) is 27.5. The van der Waals surface area contributed by atoms with Crippen molar-refractivity contribution in [2.24, 2.45) is 23.7 Å². The molecule has 4 N–H and O–H groups in total. The average Bonchev–Trinajstić information content (AvgIpc) is 3.86. The minimum absolute atomic E-state index is 0.0748. The van der Waals surface area contributed by atoms with E-state index < -0.39 is 84.1 Å². The van der Waals surface area contributed by atoms with Crippen molar-refractivity contribution in [1.29, 1.82) is 0 Å². The number of hydrogen-bond donors (Lipinski definition) is 4. The van der Waals surface area contributed by atoms with Gasteiger partial charge >= 0.3 is 18.0 Å². The van der Waals surface area contributed by atoms with Crippen LogP contribution in [-0.4, -0.2) is 187 Å². The van der Waals surface area contributed by atoms with Crippen LogP contribution in [0.1, 0.15) is 133 Å². The van der Waals surface area contributed by atoms with E-state index in [0.29, 0.717) is 39.0 Å². The molecule has 0 aliphatic carbocycles. The number of carbonyl (C=O) groups is 8. The molecule has 436 valence electrons. The molecule has 2 aliphatic rings. The first kappa shape index (κ1) is 65.9. The van der Waals surface area contributed by atoms with Gasteiger partial charge in [0.1, 0.15) is 23.8 Å². The SMILES string of the molecule is CC[C@H](C)[C@@H]([C@@H](CC(=O)N1CCC[C@H]1[C@H](OC)[C@@H](C)C(=O)N[C@@H](Cc1ccccc1)C(=O)N1CCCCO1)OC)N(C)C(=O)[C@@H](NC(=O)[C@H](C(C)C)N(C)CCCC(=O)O[C@H](C)[C@H](NC(=O)OC(C)(C)C)C(=O)O)C(C)C. The summed E-state index contributed by atoms with van der Waals surface area (Å²) in [5, 5.41) is 19.3. The van der Waals surface area contributed by atoms with Gasteiger partial charge in [0.25, 0.3) is 5.91 Å². The number of likely N-dealkylation sites (N-methyl/N-ethyl adjacent to an activating group) is 2. The van der Waals surface area contributed by atoms with E-state index in [0.717, 1.165) is 18.4 Å². The smallest absolute Gasteiger partial charge is 0.408 e. The Morgan fingerprint density at radius 2 is 1.49 bits per heavy atom. The third-order valence-corrected chi connectivity index (χ3v) is 14.6. The fourth-order valence-electron chi connectivity index (χ4n) is 10.3. The Morgan fingerprint density at radius 1 is 0.831 bits per heavy atom. The Hall–Kier alpha value is -5.38. The predicted molar refractivity (Wildman–Crippen MR) is 289 cm³/mol. The number of carboxylic acid groups (broad SMARTS) is 1. The minimum Gasteiger partial charge on any atom is -0.480 e. The van der Waals surface area contributed by atoms with Crippen LogP contribution in [-0.2, 0) is 63.8 Å². The van der Waals surface area contributed by atoms with Gasteiger partial charge in [0.2, 0.25) is 23.6 Å². The zero-order chi connectivity index (χ0) is 57.9. The van der Waals surface area contributed by atoms with Gasteiger partial charge in [0.05, 0.1) is 49.3 Å². The Balaban J connectivity index is 1.72. The van der Waals surface area contributed by atoms with Gasteiger partial charge in [-0.3, -0.25) is 38.5 Å². The van der Waals surface area contributed by atoms with Crippen molar-refractivity contribution in [2.45, 2.75) is 194 Å². The van der Waals surface area contributed by atoms with E-state index in [9.17, 15) is 43.5 Å². The molecular formula is C56H93N7O14. The number of nitrogens with one attached hydrogen (secondary N) is 3. The van der Waals surface area contributed by atoms with Crippen molar-refractivity contribution >= 4 is 47.6 Å². The largest absolute Gasteiger partial charge is 0.480 e. The zero-order valence-electron chi connectivity index (χ0n) is 48.6. The van der Waals surface area contributed by atoms with Crippen LogP contribution in [0.15, 0.2) is 30.3 Å². The van der Waals surface area contributed by atoms with Crippen LogP contribution in [0.5, 0.6) is 0 Å². The fourth-order valence-corrected chi connectivity index (χ4v) is 10.3.